The molecule has 6 heteroatoms. The number of nitrogens with one attached hydrogen (secondary N) is 1. The number of ether oxygens (including phenoxy) is 2. The normalized spacial score (nSPS) is 13.6. The number of hydrogen-bond donors (Lipinski definition) is 1. The van der Waals surface area contributed by atoms with Crippen molar-refractivity contribution in [2.75, 3.05) is 13.2 Å². The van der Waals surface area contributed by atoms with Crippen molar-refractivity contribution in [3.63, 3.8) is 0 Å². The van der Waals surface area contributed by atoms with Gasteiger partial charge in [-0.2, -0.15) is 0 Å². The van der Waals surface area contributed by atoms with Gasteiger partial charge in [0.05, 0.1) is 6.61 Å². The van der Waals surface area contributed by atoms with Crippen molar-refractivity contribution in [2.24, 2.45) is 0 Å². The first-order valence-electron chi connectivity index (χ1n) is 10.7. The summed E-state index contributed by atoms with van der Waals surface area (Å²) in [6.07, 6.45) is 1.25. The van der Waals surface area contributed by atoms with Crippen LogP contribution in [0.25, 0.3) is 11.1 Å². The molecule has 31 heavy (non-hydrogen) atoms. The Morgan fingerprint density at radius 1 is 1.03 bits per heavy atom. The van der Waals surface area contributed by atoms with E-state index in [0.717, 1.165) is 17.2 Å². The Kier molecular flexibility index (Phi) is 7.33. The Bertz CT molecular complexity index is 905. The maximum absolute atomic E-state index is 12.5. The number of amides is 1. The zero-order valence-corrected chi connectivity index (χ0v) is 19.5. The minimum absolute atomic E-state index is 0.0281. The van der Waals surface area contributed by atoms with Gasteiger partial charge in [-0.3, -0.25) is 0 Å². The Morgan fingerprint density at radius 2 is 1.61 bits per heavy atom. The second kappa shape index (κ2) is 9.96. The average Bonchev–Trinajstić information content (AvgIpc) is 3.05. The third-order valence-electron chi connectivity index (χ3n) is 5.42. The summed E-state index contributed by atoms with van der Waals surface area (Å²) in [7, 11) is -1.30. The fraction of sp³-hybridized carbons (Fsp3) is 0.360. The number of esters is 1. The molecule has 3 rings (SSSR count). The van der Waals surface area contributed by atoms with Crippen molar-refractivity contribution in [1.82, 2.24) is 5.32 Å². The highest BCUT2D eigenvalue weighted by atomic mass is 28.3. The molecular weight excluding hydrogens is 406 g/mol. The molecule has 1 atom stereocenters. The lowest BCUT2D eigenvalue weighted by Gasteiger charge is -2.20. The molecule has 1 aliphatic carbocycles. The number of carbonyl (C=O) groups is 2. The van der Waals surface area contributed by atoms with E-state index in [1.165, 1.54) is 11.1 Å². The predicted octanol–water partition coefficient (Wildman–Crippen LogP) is 5.35. The Hall–Kier alpha value is -2.86. The minimum atomic E-state index is -1.30. The summed E-state index contributed by atoms with van der Waals surface area (Å²) in [6, 6.07) is 16.4. The number of hydrogen-bond acceptors (Lipinski definition) is 4. The highest BCUT2D eigenvalue weighted by Gasteiger charge is 2.30. The van der Waals surface area contributed by atoms with Gasteiger partial charge in [0.25, 0.3) is 0 Å². The molecule has 1 amide bonds. The van der Waals surface area contributed by atoms with Gasteiger partial charge in [0.15, 0.2) is 0 Å². The third kappa shape index (κ3) is 5.85. The van der Waals surface area contributed by atoms with Gasteiger partial charge in [0.2, 0.25) is 0 Å². The fourth-order valence-electron chi connectivity index (χ4n) is 3.72. The molecule has 0 saturated carbocycles. The highest BCUT2D eigenvalue weighted by Crippen LogP contribution is 2.44. The lowest BCUT2D eigenvalue weighted by Crippen LogP contribution is -2.42. The van der Waals surface area contributed by atoms with E-state index in [1.807, 2.05) is 24.3 Å². The first kappa shape index (κ1) is 22.8. The van der Waals surface area contributed by atoms with Gasteiger partial charge >= 0.3 is 12.1 Å². The first-order valence-corrected chi connectivity index (χ1v) is 14.4. The summed E-state index contributed by atoms with van der Waals surface area (Å²) < 4.78 is 10.9. The molecule has 0 radical (unpaired) electrons. The van der Waals surface area contributed by atoms with E-state index in [2.05, 4.69) is 55.8 Å². The van der Waals surface area contributed by atoms with E-state index >= 15 is 0 Å². The first-order chi connectivity index (χ1) is 14.8. The third-order valence-corrected chi connectivity index (χ3v) is 7.12. The standard InChI is InChI=1S/C25H31NO4Si/c1-5-10-23(24(27)29-15-16-31(2,3)4)26-25(28)30-17-22-20-13-8-6-11-18(20)19-12-7-9-14-21(19)22/h5-9,11-14,22-23H,1,10,15-17H2,2-4H3,(H,26,28). The van der Waals surface area contributed by atoms with Crippen molar-refractivity contribution in [1.29, 1.82) is 0 Å². The Morgan fingerprint density at radius 3 is 2.16 bits per heavy atom. The van der Waals surface area contributed by atoms with E-state index in [4.69, 9.17) is 9.47 Å². The van der Waals surface area contributed by atoms with Crippen LogP contribution in [0.3, 0.4) is 0 Å². The smallest absolute Gasteiger partial charge is 0.407 e. The topological polar surface area (TPSA) is 64.6 Å². The van der Waals surface area contributed by atoms with Crippen molar-refractivity contribution in [3.05, 3.63) is 72.3 Å². The van der Waals surface area contributed by atoms with Crippen molar-refractivity contribution in [3.8, 4) is 11.1 Å². The molecule has 2 aromatic carbocycles. The Labute approximate surface area is 185 Å². The molecule has 0 spiro atoms. The molecule has 2 aromatic rings. The van der Waals surface area contributed by atoms with Crippen molar-refractivity contribution in [2.45, 2.75) is 44.1 Å². The summed E-state index contributed by atoms with van der Waals surface area (Å²) in [5.74, 6) is -0.480. The van der Waals surface area contributed by atoms with Crippen LogP contribution in [0.4, 0.5) is 4.79 Å². The van der Waals surface area contributed by atoms with Crippen LogP contribution in [-0.4, -0.2) is 39.4 Å². The average molecular weight is 438 g/mol. The van der Waals surface area contributed by atoms with Crippen molar-refractivity contribution < 1.29 is 19.1 Å². The van der Waals surface area contributed by atoms with Crippen LogP contribution < -0.4 is 5.32 Å². The summed E-state index contributed by atoms with van der Waals surface area (Å²) >= 11 is 0. The molecular formula is C25H31NO4Si. The van der Waals surface area contributed by atoms with Gasteiger partial charge in [-0.05, 0) is 34.7 Å². The summed E-state index contributed by atoms with van der Waals surface area (Å²) in [5, 5.41) is 2.64. The molecule has 1 unspecified atom stereocenters. The molecule has 0 bridgehead atoms. The quantitative estimate of drug-likeness (QED) is 0.326. The summed E-state index contributed by atoms with van der Waals surface area (Å²) in [5.41, 5.74) is 4.63. The fourth-order valence-corrected chi connectivity index (χ4v) is 4.44. The molecule has 1 aliphatic rings. The van der Waals surface area contributed by atoms with Gasteiger partial charge in [0, 0.05) is 14.0 Å². The molecule has 1 N–H and O–H groups in total. The van der Waals surface area contributed by atoms with Crippen molar-refractivity contribution >= 4 is 20.1 Å². The van der Waals surface area contributed by atoms with Gasteiger partial charge in [0.1, 0.15) is 12.6 Å². The molecule has 0 aromatic heterocycles. The summed E-state index contributed by atoms with van der Waals surface area (Å²) in [6.45, 7) is 10.9. The lowest BCUT2D eigenvalue weighted by molar-refractivity contribution is -0.145. The SMILES string of the molecule is C=CCC(NC(=O)OCC1c2ccccc2-c2ccccc21)C(=O)OCC[Si](C)(C)C. The lowest BCUT2D eigenvalue weighted by atomic mass is 9.98. The van der Waals surface area contributed by atoms with E-state index in [0.29, 0.717) is 6.61 Å². The van der Waals surface area contributed by atoms with Crippen LogP contribution in [-0.2, 0) is 14.3 Å². The number of rotatable bonds is 9. The predicted molar refractivity (Wildman–Crippen MR) is 126 cm³/mol. The van der Waals surface area contributed by atoms with Crippen LogP contribution in [0.5, 0.6) is 0 Å². The van der Waals surface area contributed by atoms with E-state index in [-0.39, 0.29) is 18.9 Å². The zero-order chi connectivity index (χ0) is 22.4. The van der Waals surface area contributed by atoms with Gasteiger partial charge in [-0.15, -0.1) is 6.58 Å². The van der Waals surface area contributed by atoms with E-state index in [1.54, 1.807) is 6.08 Å². The van der Waals surface area contributed by atoms with Gasteiger partial charge in [-0.25, -0.2) is 9.59 Å². The largest absolute Gasteiger partial charge is 0.464 e. The molecule has 0 heterocycles. The Balaban J connectivity index is 1.59. The maximum Gasteiger partial charge on any atom is 0.407 e. The van der Waals surface area contributed by atoms with Crippen LogP contribution >= 0.6 is 0 Å². The second-order valence-electron chi connectivity index (χ2n) is 9.03. The van der Waals surface area contributed by atoms with Gasteiger partial charge in [-0.1, -0.05) is 74.2 Å². The van der Waals surface area contributed by atoms with Crippen LogP contribution in [0.1, 0.15) is 23.5 Å². The van der Waals surface area contributed by atoms with Crippen LogP contribution in [0, 0.1) is 0 Å². The molecule has 164 valence electrons. The molecule has 0 fully saturated rings. The second-order valence-corrected chi connectivity index (χ2v) is 14.6. The highest BCUT2D eigenvalue weighted by molar-refractivity contribution is 6.76. The number of alkyl carbamates (subject to hydrolysis) is 1. The number of fused-ring (bicyclic) bond motifs is 3. The monoisotopic (exact) mass is 437 g/mol. The van der Waals surface area contributed by atoms with Gasteiger partial charge < -0.3 is 14.8 Å². The molecule has 0 aliphatic heterocycles. The minimum Gasteiger partial charge on any atom is -0.464 e. The number of carbonyl (C=O) groups excluding carboxylic acids is 2. The molecule has 0 saturated heterocycles. The van der Waals surface area contributed by atoms with Crippen LogP contribution in [0.2, 0.25) is 25.7 Å². The zero-order valence-electron chi connectivity index (χ0n) is 18.5. The molecule has 5 nitrogen and oxygen atoms in total. The maximum atomic E-state index is 12.5. The summed E-state index contributed by atoms with van der Waals surface area (Å²) in [4.78, 5) is 24.9. The van der Waals surface area contributed by atoms with Crippen LogP contribution in [0.15, 0.2) is 61.2 Å². The van der Waals surface area contributed by atoms with E-state index in [9.17, 15) is 9.59 Å². The number of benzene rings is 2. The van der Waals surface area contributed by atoms with E-state index < -0.39 is 26.2 Å².